The highest BCUT2D eigenvalue weighted by Gasteiger charge is 2.13. The quantitative estimate of drug-likeness (QED) is 0.807. The Morgan fingerprint density at radius 2 is 2.41 bits per heavy atom. The Bertz CT molecular complexity index is 458. The van der Waals surface area contributed by atoms with Crippen LogP contribution in [-0.2, 0) is 0 Å². The first-order valence-corrected chi connectivity index (χ1v) is 5.39. The van der Waals surface area contributed by atoms with E-state index >= 15 is 0 Å². The summed E-state index contributed by atoms with van der Waals surface area (Å²) in [6.07, 6.45) is 1.70. The molecule has 2 aromatic heterocycles. The second-order valence-corrected chi connectivity index (χ2v) is 3.42. The summed E-state index contributed by atoms with van der Waals surface area (Å²) in [6, 6.07) is 3.60. The van der Waals surface area contributed by atoms with Gasteiger partial charge in [-0.15, -0.1) is 10.2 Å². The van der Waals surface area contributed by atoms with Gasteiger partial charge in [0.25, 0.3) is 0 Å². The van der Waals surface area contributed by atoms with E-state index in [9.17, 15) is 0 Å². The Balaban J connectivity index is 2.12. The predicted octanol–water partition coefficient (Wildman–Crippen LogP) is 1.17. The number of H-pyrrole nitrogens is 1. The first-order valence-electron chi connectivity index (χ1n) is 5.39. The zero-order chi connectivity index (χ0) is 12.1. The Hall–Kier alpha value is -2.18. The molecule has 2 heterocycles. The molecule has 0 bridgehead atoms. The fourth-order valence-corrected chi connectivity index (χ4v) is 1.39. The maximum atomic E-state index is 5.47. The van der Waals surface area contributed by atoms with Crippen molar-refractivity contribution < 1.29 is 4.74 Å². The molecule has 0 aliphatic rings. The molecule has 0 aromatic carbocycles. The van der Waals surface area contributed by atoms with Crippen LogP contribution in [0.5, 0.6) is 5.75 Å². The molecule has 2 rings (SSSR count). The van der Waals surface area contributed by atoms with Gasteiger partial charge in [0, 0.05) is 6.20 Å². The number of rotatable bonds is 5. The molecule has 90 valence electrons. The topological polar surface area (TPSA) is 88.6 Å². The monoisotopic (exact) mass is 234 g/mol. The lowest BCUT2D eigenvalue weighted by Gasteiger charge is -2.14. The number of nitrogens with zero attached hydrogens (tertiary/aromatic N) is 4. The molecule has 0 fully saturated rings. The number of pyridine rings is 1. The second kappa shape index (κ2) is 5.24. The maximum absolute atomic E-state index is 5.47. The molecule has 2 N–H and O–H groups in total. The molecule has 1 unspecified atom stereocenters. The smallest absolute Gasteiger partial charge is 0.196 e. The highest BCUT2D eigenvalue weighted by atomic mass is 16.5. The molecule has 0 saturated heterocycles. The van der Waals surface area contributed by atoms with Gasteiger partial charge in [-0.1, -0.05) is 5.21 Å². The third kappa shape index (κ3) is 2.68. The van der Waals surface area contributed by atoms with Crippen molar-refractivity contribution in [1.82, 2.24) is 25.6 Å². The van der Waals surface area contributed by atoms with Crippen LogP contribution in [0.25, 0.3) is 0 Å². The van der Waals surface area contributed by atoms with Gasteiger partial charge in [0.05, 0.1) is 12.6 Å². The lowest BCUT2D eigenvalue weighted by Crippen LogP contribution is -2.11. The van der Waals surface area contributed by atoms with Crippen LogP contribution in [0, 0.1) is 0 Å². The molecule has 0 radical (unpaired) electrons. The van der Waals surface area contributed by atoms with Gasteiger partial charge in [-0.05, 0) is 26.0 Å². The molecular weight excluding hydrogens is 220 g/mol. The number of tetrazole rings is 1. The van der Waals surface area contributed by atoms with Gasteiger partial charge in [-0.3, -0.25) is 0 Å². The number of nitrogens with one attached hydrogen (secondary N) is 2. The van der Waals surface area contributed by atoms with Gasteiger partial charge in [-0.2, -0.15) is 5.21 Å². The molecule has 7 nitrogen and oxygen atoms in total. The summed E-state index contributed by atoms with van der Waals surface area (Å²) in [4.78, 5) is 4.22. The van der Waals surface area contributed by atoms with E-state index < -0.39 is 0 Å². The Labute approximate surface area is 98.6 Å². The molecule has 0 spiro atoms. The number of hydrogen-bond acceptors (Lipinski definition) is 6. The fourth-order valence-electron chi connectivity index (χ4n) is 1.39. The molecule has 0 amide bonds. The Kier molecular flexibility index (Phi) is 3.49. The van der Waals surface area contributed by atoms with Gasteiger partial charge in [-0.25, -0.2) is 4.98 Å². The molecule has 2 aromatic rings. The molecule has 17 heavy (non-hydrogen) atoms. The van der Waals surface area contributed by atoms with Crippen molar-refractivity contribution in [3.8, 4) is 5.75 Å². The average Bonchev–Trinajstić information content (AvgIpc) is 2.85. The van der Waals surface area contributed by atoms with E-state index in [1.54, 1.807) is 6.20 Å². The van der Waals surface area contributed by atoms with Gasteiger partial charge < -0.3 is 10.1 Å². The molecule has 0 aliphatic carbocycles. The summed E-state index contributed by atoms with van der Waals surface area (Å²) in [7, 11) is 0. The van der Waals surface area contributed by atoms with E-state index in [0.29, 0.717) is 24.0 Å². The normalized spacial score (nSPS) is 12.1. The third-order valence-electron chi connectivity index (χ3n) is 2.17. The number of hydrogen-bond donors (Lipinski definition) is 2. The molecule has 7 heteroatoms. The summed E-state index contributed by atoms with van der Waals surface area (Å²) in [5, 5.41) is 16.9. The molecule has 1 atom stereocenters. The van der Waals surface area contributed by atoms with Crippen molar-refractivity contribution in [2.24, 2.45) is 0 Å². The van der Waals surface area contributed by atoms with E-state index in [1.807, 2.05) is 26.0 Å². The van der Waals surface area contributed by atoms with Gasteiger partial charge in [0.2, 0.25) is 0 Å². The van der Waals surface area contributed by atoms with Crippen LogP contribution in [0.3, 0.4) is 0 Å². The third-order valence-corrected chi connectivity index (χ3v) is 2.17. The minimum absolute atomic E-state index is 0.0946. The van der Waals surface area contributed by atoms with Gasteiger partial charge in [0.1, 0.15) is 0 Å². The van der Waals surface area contributed by atoms with Crippen LogP contribution < -0.4 is 10.1 Å². The van der Waals surface area contributed by atoms with E-state index in [1.165, 1.54) is 0 Å². The maximum Gasteiger partial charge on any atom is 0.196 e. The molecular formula is C10H14N6O. The largest absolute Gasteiger partial charge is 0.490 e. The Morgan fingerprint density at radius 1 is 1.53 bits per heavy atom. The summed E-state index contributed by atoms with van der Waals surface area (Å²) in [5.74, 6) is 1.97. The summed E-state index contributed by atoms with van der Waals surface area (Å²) >= 11 is 0. The lowest BCUT2D eigenvalue weighted by molar-refractivity contribution is 0.340. The van der Waals surface area contributed by atoms with Crippen LogP contribution in [0.1, 0.15) is 25.7 Å². The van der Waals surface area contributed by atoms with E-state index in [2.05, 4.69) is 30.9 Å². The van der Waals surface area contributed by atoms with Crippen molar-refractivity contribution in [2.75, 3.05) is 11.9 Å². The molecule has 0 aliphatic heterocycles. The second-order valence-electron chi connectivity index (χ2n) is 3.42. The highest BCUT2D eigenvalue weighted by Crippen LogP contribution is 2.24. The number of anilines is 1. The van der Waals surface area contributed by atoms with Crippen LogP contribution in [0.2, 0.25) is 0 Å². The van der Waals surface area contributed by atoms with Crippen molar-refractivity contribution in [3.05, 3.63) is 24.2 Å². The first-order chi connectivity index (χ1) is 8.31. The van der Waals surface area contributed by atoms with Crippen molar-refractivity contribution in [2.45, 2.75) is 19.9 Å². The predicted molar refractivity (Wildman–Crippen MR) is 61.6 cm³/mol. The van der Waals surface area contributed by atoms with E-state index in [-0.39, 0.29) is 6.04 Å². The minimum Gasteiger partial charge on any atom is -0.490 e. The van der Waals surface area contributed by atoms with Crippen LogP contribution >= 0.6 is 0 Å². The van der Waals surface area contributed by atoms with Crippen LogP contribution in [0.4, 0.5) is 5.82 Å². The number of aromatic nitrogens is 5. The number of ether oxygens (including phenoxy) is 1. The average molecular weight is 234 g/mol. The zero-order valence-electron chi connectivity index (χ0n) is 9.71. The summed E-state index contributed by atoms with van der Waals surface area (Å²) in [6.45, 7) is 4.45. The van der Waals surface area contributed by atoms with Gasteiger partial charge in [0.15, 0.2) is 17.4 Å². The van der Waals surface area contributed by atoms with Crippen LogP contribution in [0.15, 0.2) is 18.3 Å². The van der Waals surface area contributed by atoms with Gasteiger partial charge >= 0.3 is 0 Å². The van der Waals surface area contributed by atoms with Crippen molar-refractivity contribution in [1.29, 1.82) is 0 Å². The van der Waals surface area contributed by atoms with E-state index in [0.717, 1.165) is 0 Å². The van der Waals surface area contributed by atoms with Crippen molar-refractivity contribution in [3.63, 3.8) is 0 Å². The highest BCUT2D eigenvalue weighted by molar-refractivity contribution is 5.50. The summed E-state index contributed by atoms with van der Waals surface area (Å²) < 4.78 is 5.47. The first kappa shape index (κ1) is 11.3. The minimum atomic E-state index is -0.0946. The fraction of sp³-hybridized carbons (Fsp3) is 0.400. The molecule has 0 saturated carbocycles. The van der Waals surface area contributed by atoms with Crippen LogP contribution in [-0.4, -0.2) is 32.2 Å². The van der Waals surface area contributed by atoms with E-state index in [4.69, 9.17) is 4.74 Å². The SMILES string of the molecule is CCOc1cccnc1NC(C)c1nn[nH]n1. The van der Waals surface area contributed by atoms with Crippen molar-refractivity contribution >= 4 is 5.82 Å². The standard InChI is InChI=1S/C10H14N6O/c1-3-17-8-5-4-6-11-10(8)12-7(2)9-13-15-16-14-9/h4-7H,3H2,1-2H3,(H,11,12)(H,13,14,15,16). The lowest BCUT2D eigenvalue weighted by atomic mass is 10.3. The summed E-state index contributed by atoms with van der Waals surface area (Å²) in [5.41, 5.74) is 0. The Morgan fingerprint density at radius 3 is 3.12 bits per heavy atom. The zero-order valence-corrected chi connectivity index (χ0v) is 9.71. The number of aromatic amines is 1.